The molecule has 1 fully saturated rings. The second-order valence-corrected chi connectivity index (χ2v) is 6.47. The molecule has 8 heteroatoms. The van der Waals surface area contributed by atoms with Gasteiger partial charge in [-0.1, -0.05) is 18.7 Å². The molecule has 1 aliphatic carbocycles. The number of nitrogens with one attached hydrogen (secondary N) is 1. The largest absolute Gasteiger partial charge is 0.301 e. The Morgan fingerprint density at radius 1 is 1.48 bits per heavy atom. The van der Waals surface area contributed by atoms with Gasteiger partial charge in [0.1, 0.15) is 5.39 Å². The van der Waals surface area contributed by atoms with Gasteiger partial charge in [0.15, 0.2) is 10.8 Å². The molecule has 0 aromatic carbocycles. The predicted octanol–water partition coefficient (Wildman–Crippen LogP) is 2.98. The SMILES string of the molecule is CCSc1nc2c(cnn2C2CCC(F)(F)CC2)c(=O)[nH]1. The molecule has 2 heterocycles. The summed E-state index contributed by atoms with van der Waals surface area (Å²) < 4.78 is 28.2. The van der Waals surface area contributed by atoms with Crippen LogP contribution in [0.5, 0.6) is 0 Å². The van der Waals surface area contributed by atoms with Crippen molar-refractivity contribution in [3.05, 3.63) is 16.6 Å². The van der Waals surface area contributed by atoms with E-state index in [0.717, 1.165) is 5.75 Å². The molecule has 21 heavy (non-hydrogen) atoms. The number of halogens is 2. The molecule has 2 aromatic rings. The molecule has 0 spiro atoms. The monoisotopic (exact) mass is 314 g/mol. The molecule has 2 aromatic heterocycles. The van der Waals surface area contributed by atoms with Crippen molar-refractivity contribution in [2.75, 3.05) is 5.75 Å². The third-order valence-corrected chi connectivity index (χ3v) is 4.51. The van der Waals surface area contributed by atoms with Crippen molar-refractivity contribution in [3.63, 3.8) is 0 Å². The van der Waals surface area contributed by atoms with Gasteiger partial charge in [-0.25, -0.2) is 18.4 Å². The molecular weight excluding hydrogens is 298 g/mol. The molecule has 0 unspecified atom stereocenters. The van der Waals surface area contributed by atoms with E-state index in [9.17, 15) is 13.6 Å². The molecule has 1 saturated carbocycles. The van der Waals surface area contributed by atoms with Crippen LogP contribution in [0.15, 0.2) is 16.1 Å². The number of H-pyrrole nitrogens is 1. The number of hydrogen-bond acceptors (Lipinski definition) is 4. The normalized spacial score (nSPS) is 19.2. The first kappa shape index (κ1) is 14.5. The Balaban J connectivity index is 1.98. The Bertz CT molecular complexity index is 702. The van der Waals surface area contributed by atoms with E-state index in [2.05, 4.69) is 15.1 Å². The fourth-order valence-corrected chi connectivity index (χ4v) is 3.25. The Labute approximate surface area is 124 Å². The number of aromatic nitrogens is 4. The van der Waals surface area contributed by atoms with Gasteiger partial charge in [-0.15, -0.1) is 0 Å². The maximum absolute atomic E-state index is 13.3. The van der Waals surface area contributed by atoms with Gasteiger partial charge in [-0.2, -0.15) is 5.10 Å². The zero-order valence-electron chi connectivity index (χ0n) is 11.6. The summed E-state index contributed by atoms with van der Waals surface area (Å²) in [6, 6.07) is -0.115. The van der Waals surface area contributed by atoms with Crippen LogP contribution in [0, 0.1) is 0 Å². The molecule has 114 valence electrons. The lowest BCUT2D eigenvalue weighted by atomic mass is 9.92. The first-order valence-electron chi connectivity index (χ1n) is 6.98. The van der Waals surface area contributed by atoms with Gasteiger partial charge in [0.25, 0.3) is 5.56 Å². The van der Waals surface area contributed by atoms with Gasteiger partial charge in [-0.05, 0) is 18.6 Å². The highest BCUT2D eigenvalue weighted by Gasteiger charge is 2.36. The van der Waals surface area contributed by atoms with Crippen LogP contribution in [0.3, 0.4) is 0 Å². The molecule has 0 amide bonds. The molecule has 5 nitrogen and oxygen atoms in total. The van der Waals surface area contributed by atoms with Gasteiger partial charge in [0, 0.05) is 12.8 Å². The number of nitrogens with zero attached hydrogens (tertiary/aromatic N) is 3. The zero-order chi connectivity index (χ0) is 15.0. The summed E-state index contributed by atoms with van der Waals surface area (Å²) in [6.07, 6.45) is 1.90. The van der Waals surface area contributed by atoms with Crippen LogP contribution in [0.25, 0.3) is 11.0 Å². The Hall–Kier alpha value is -1.44. The third kappa shape index (κ3) is 2.81. The van der Waals surface area contributed by atoms with Gasteiger partial charge in [-0.3, -0.25) is 4.79 Å². The highest BCUT2D eigenvalue weighted by molar-refractivity contribution is 7.99. The van der Waals surface area contributed by atoms with Crippen molar-refractivity contribution in [2.45, 2.75) is 49.7 Å². The topological polar surface area (TPSA) is 63.6 Å². The standard InChI is InChI=1S/C13H16F2N4OS/c1-2-21-12-17-10-9(11(20)18-12)7-16-19(10)8-3-5-13(14,15)6-4-8/h7-8H,2-6H2,1H3,(H,17,18,20). The number of aromatic amines is 1. The number of alkyl halides is 2. The van der Waals surface area contributed by atoms with Crippen molar-refractivity contribution in [3.8, 4) is 0 Å². The van der Waals surface area contributed by atoms with Gasteiger partial charge in [0.05, 0.1) is 12.2 Å². The summed E-state index contributed by atoms with van der Waals surface area (Å²) >= 11 is 1.44. The summed E-state index contributed by atoms with van der Waals surface area (Å²) in [5.41, 5.74) is 0.258. The second kappa shape index (κ2) is 5.40. The molecule has 0 aliphatic heterocycles. The summed E-state index contributed by atoms with van der Waals surface area (Å²) in [7, 11) is 0. The quantitative estimate of drug-likeness (QED) is 0.699. The molecule has 0 saturated heterocycles. The van der Waals surface area contributed by atoms with Crippen LogP contribution in [0.1, 0.15) is 38.6 Å². The van der Waals surface area contributed by atoms with Crippen LogP contribution in [0.4, 0.5) is 8.78 Å². The second-order valence-electron chi connectivity index (χ2n) is 5.22. The average molecular weight is 314 g/mol. The Morgan fingerprint density at radius 3 is 2.86 bits per heavy atom. The molecule has 0 radical (unpaired) electrons. The summed E-state index contributed by atoms with van der Waals surface area (Å²) in [4.78, 5) is 19.1. The molecule has 0 bridgehead atoms. The minimum atomic E-state index is -2.58. The lowest BCUT2D eigenvalue weighted by Crippen LogP contribution is -2.27. The number of hydrogen-bond donors (Lipinski definition) is 1. The van der Waals surface area contributed by atoms with E-state index in [4.69, 9.17) is 0 Å². The molecule has 3 rings (SSSR count). The van der Waals surface area contributed by atoms with Crippen molar-refractivity contribution in [1.82, 2.24) is 19.7 Å². The summed E-state index contributed by atoms with van der Waals surface area (Å²) in [5.74, 6) is -1.79. The van der Waals surface area contributed by atoms with E-state index >= 15 is 0 Å². The molecule has 0 atom stereocenters. The van der Waals surface area contributed by atoms with Crippen molar-refractivity contribution in [2.24, 2.45) is 0 Å². The maximum Gasteiger partial charge on any atom is 0.262 e. The lowest BCUT2D eigenvalue weighted by molar-refractivity contribution is -0.0446. The molecule has 1 N–H and O–H groups in total. The van der Waals surface area contributed by atoms with Gasteiger partial charge >= 0.3 is 0 Å². The third-order valence-electron chi connectivity index (χ3n) is 3.76. The van der Waals surface area contributed by atoms with Crippen molar-refractivity contribution in [1.29, 1.82) is 0 Å². The highest BCUT2D eigenvalue weighted by Crippen LogP contribution is 2.38. The minimum Gasteiger partial charge on any atom is -0.301 e. The highest BCUT2D eigenvalue weighted by atomic mass is 32.2. The summed E-state index contributed by atoms with van der Waals surface area (Å²) in [5, 5.41) is 5.16. The van der Waals surface area contributed by atoms with Crippen LogP contribution < -0.4 is 5.56 Å². The van der Waals surface area contributed by atoms with Crippen LogP contribution in [0.2, 0.25) is 0 Å². The average Bonchev–Trinajstić information content (AvgIpc) is 2.84. The van der Waals surface area contributed by atoms with Crippen LogP contribution >= 0.6 is 11.8 Å². The van der Waals surface area contributed by atoms with E-state index in [0.29, 0.717) is 29.0 Å². The van der Waals surface area contributed by atoms with E-state index in [1.54, 1.807) is 4.68 Å². The van der Waals surface area contributed by atoms with E-state index in [1.165, 1.54) is 18.0 Å². The Morgan fingerprint density at radius 2 is 2.19 bits per heavy atom. The van der Waals surface area contributed by atoms with Crippen LogP contribution in [-0.4, -0.2) is 31.4 Å². The summed E-state index contributed by atoms with van der Waals surface area (Å²) in [6.45, 7) is 1.97. The van der Waals surface area contributed by atoms with E-state index in [1.807, 2.05) is 6.92 Å². The number of thioether (sulfide) groups is 1. The smallest absolute Gasteiger partial charge is 0.262 e. The van der Waals surface area contributed by atoms with Gasteiger partial charge < -0.3 is 4.98 Å². The predicted molar refractivity (Wildman–Crippen MR) is 77.0 cm³/mol. The maximum atomic E-state index is 13.3. The minimum absolute atomic E-state index is 0.115. The number of fused-ring (bicyclic) bond motifs is 1. The zero-order valence-corrected chi connectivity index (χ0v) is 12.4. The van der Waals surface area contributed by atoms with Crippen LogP contribution in [-0.2, 0) is 0 Å². The Kier molecular flexibility index (Phi) is 3.73. The van der Waals surface area contributed by atoms with Crippen molar-refractivity contribution >= 4 is 22.8 Å². The van der Waals surface area contributed by atoms with E-state index in [-0.39, 0.29) is 24.4 Å². The fourth-order valence-electron chi connectivity index (χ4n) is 2.66. The van der Waals surface area contributed by atoms with Crippen molar-refractivity contribution < 1.29 is 8.78 Å². The van der Waals surface area contributed by atoms with E-state index < -0.39 is 5.92 Å². The van der Waals surface area contributed by atoms with Gasteiger partial charge in [0.2, 0.25) is 5.92 Å². The lowest BCUT2D eigenvalue weighted by Gasteiger charge is -2.28. The fraction of sp³-hybridized carbons (Fsp3) is 0.615. The molecule has 1 aliphatic rings. The first-order valence-corrected chi connectivity index (χ1v) is 7.97. The first-order chi connectivity index (χ1) is 10.00. The number of rotatable bonds is 3. The molecular formula is C13H16F2N4OS.